The number of ether oxygens (including phenoxy) is 1. The van der Waals surface area contributed by atoms with E-state index in [0.717, 1.165) is 15.8 Å². The van der Waals surface area contributed by atoms with Crippen molar-refractivity contribution >= 4 is 21.8 Å². The summed E-state index contributed by atoms with van der Waals surface area (Å²) in [6, 6.07) is 5.44. The lowest BCUT2D eigenvalue weighted by Crippen LogP contribution is -2.45. The van der Waals surface area contributed by atoms with Crippen LogP contribution < -0.4 is 10.5 Å². The van der Waals surface area contributed by atoms with Crippen molar-refractivity contribution in [2.75, 3.05) is 7.11 Å². The van der Waals surface area contributed by atoms with Crippen molar-refractivity contribution in [3.8, 4) is 5.75 Å². The van der Waals surface area contributed by atoms with E-state index in [1.54, 1.807) is 7.11 Å². The maximum Gasteiger partial charge on any atom is 0.225 e. The third-order valence-electron chi connectivity index (χ3n) is 3.61. The first-order chi connectivity index (χ1) is 9.25. The largest absolute Gasteiger partial charge is 0.497 e. The lowest BCUT2D eigenvalue weighted by atomic mass is 9.96. The molecule has 2 rings (SSSR count). The van der Waals surface area contributed by atoms with Crippen LogP contribution in [0.2, 0.25) is 0 Å². The van der Waals surface area contributed by atoms with E-state index in [0.29, 0.717) is 6.42 Å². The van der Waals surface area contributed by atoms with Gasteiger partial charge in [0.05, 0.1) is 13.2 Å². The summed E-state index contributed by atoms with van der Waals surface area (Å²) < 4.78 is 6.23. The highest BCUT2D eigenvalue weighted by Gasteiger charge is 2.44. The average Bonchev–Trinajstić information content (AvgIpc) is 2.64. The minimum atomic E-state index is -0.265. The lowest BCUT2D eigenvalue weighted by Gasteiger charge is -2.38. The van der Waals surface area contributed by atoms with E-state index in [9.17, 15) is 4.79 Å². The first-order valence-corrected chi connectivity index (χ1v) is 7.46. The number of hydrogen-bond donors (Lipinski definition) is 1. The predicted molar refractivity (Wildman–Crippen MR) is 82.6 cm³/mol. The van der Waals surface area contributed by atoms with Gasteiger partial charge in [-0.1, -0.05) is 15.9 Å². The minimum absolute atomic E-state index is 0.102. The van der Waals surface area contributed by atoms with Crippen LogP contribution >= 0.6 is 15.9 Å². The zero-order valence-corrected chi connectivity index (χ0v) is 13.9. The number of nitrogens with two attached hydrogens (primary N) is 1. The van der Waals surface area contributed by atoms with Crippen molar-refractivity contribution < 1.29 is 9.53 Å². The molecule has 0 saturated carbocycles. The molecule has 5 heteroatoms. The topological polar surface area (TPSA) is 55.6 Å². The maximum absolute atomic E-state index is 12.3. The molecule has 4 nitrogen and oxygen atoms in total. The molecule has 1 fully saturated rings. The Morgan fingerprint density at radius 2 is 2.05 bits per heavy atom. The van der Waals surface area contributed by atoms with Gasteiger partial charge in [-0.25, -0.2) is 0 Å². The number of hydrogen-bond acceptors (Lipinski definition) is 3. The Balaban J connectivity index is 2.51. The van der Waals surface area contributed by atoms with Gasteiger partial charge in [-0.3, -0.25) is 4.79 Å². The Morgan fingerprint density at radius 3 is 2.60 bits per heavy atom. The number of likely N-dealkylation sites (tertiary alicyclic amines) is 1. The maximum atomic E-state index is 12.3. The summed E-state index contributed by atoms with van der Waals surface area (Å²) in [4.78, 5) is 14.2. The fourth-order valence-corrected chi connectivity index (χ4v) is 3.28. The van der Waals surface area contributed by atoms with Crippen molar-refractivity contribution in [3.63, 3.8) is 0 Å². The van der Waals surface area contributed by atoms with E-state index >= 15 is 0 Å². The van der Waals surface area contributed by atoms with Crippen LogP contribution in [0.5, 0.6) is 5.75 Å². The zero-order chi connectivity index (χ0) is 15.1. The molecule has 1 aliphatic heterocycles. The lowest BCUT2D eigenvalue weighted by molar-refractivity contribution is -0.133. The van der Waals surface area contributed by atoms with E-state index in [4.69, 9.17) is 10.5 Å². The molecule has 1 heterocycles. The summed E-state index contributed by atoms with van der Waals surface area (Å²) in [5.41, 5.74) is 6.96. The van der Waals surface area contributed by atoms with Gasteiger partial charge in [-0.15, -0.1) is 0 Å². The molecule has 2 unspecified atom stereocenters. The monoisotopic (exact) mass is 340 g/mol. The molecule has 0 bridgehead atoms. The normalized spacial score (nSPS) is 23.3. The molecule has 0 aliphatic carbocycles. The van der Waals surface area contributed by atoms with Crippen LogP contribution in [0.25, 0.3) is 0 Å². The smallest absolute Gasteiger partial charge is 0.225 e. The number of carbonyl (C=O) groups is 1. The summed E-state index contributed by atoms with van der Waals surface area (Å²) in [7, 11) is 1.63. The van der Waals surface area contributed by atoms with Crippen molar-refractivity contribution in [2.45, 2.75) is 44.8 Å². The molecule has 110 valence electrons. The van der Waals surface area contributed by atoms with E-state index in [-0.39, 0.29) is 23.5 Å². The van der Waals surface area contributed by atoms with Gasteiger partial charge in [0.2, 0.25) is 5.91 Å². The molecule has 2 N–H and O–H groups in total. The van der Waals surface area contributed by atoms with Crippen LogP contribution in [-0.4, -0.2) is 29.5 Å². The Bertz CT molecular complexity index is 525. The van der Waals surface area contributed by atoms with Gasteiger partial charge in [-0.05, 0) is 44.5 Å². The molecule has 1 amide bonds. The van der Waals surface area contributed by atoms with Gasteiger partial charge in [-0.2, -0.15) is 0 Å². The fourth-order valence-electron chi connectivity index (χ4n) is 2.79. The quantitative estimate of drug-likeness (QED) is 0.900. The van der Waals surface area contributed by atoms with Gasteiger partial charge < -0.3 is 15.4 Å². The van der Waals surface area contributed by atoms with Gasteiger partial charge in [0.25, 0.3) is 0 Å². The molecule has 0 aromatic heterocycles. The zero-order valence-electron chi connectivity index (χ0n) is 12.3. The SMILES string of the molecule is COc1ccc(Br)c(C2C(N)CC(=O)N2C(C)(C)C)c1. The first kappa shape index (κ1) is 15.3. The first-order valence-electron chi connectivity index (χ1n) is 6.67. The number of nitrogens with zero attached hydrogens (tertiary/aromatic N) is 1. The average molecular weight is 341 g/mol. The molecular formula is C15H21BrN2O2. The second kappa shape index (κ2) is 5.37. The number of methoxy groups -OCH3 is 1. The fraction of sp³-hybridized carbons (Fsp3) is 0.533. The van der Waals surface area contributed by atoms with Crippen LogP contribution in [0, 0.1) is 0 Å². The number of halogens is 1. The van der Waals surface area contributed by atoms with Crippen LogP contribution in [0.15, 0.2) is 22.7 Å². The van der Waals surface area contributed by atoms with Gasteiger partial charge in [0, 0.05) is 22.5 Å². The predicted octanol–water partition coefficient (Wildman–Crippen LogP) is 2.86. The number of rotatable bonds is 2. The van der Waals surface area contributed by atoms with Crippen molar-refractivity contribution in [2.24, 2.45) is 5.73 Å². The van der Waals surface area contributed by atoms with Crippen molar-refractivity contribution in [3.05, 3.63) is 28.2 Å². The molecule has 0 radical (unpaired) electrons. The molecular weight excluding hydrogens is 320 g/mol. The molecule has 0 spiro atoms. The van der Waals surface area contributed by atoms with Crippen LogP contribution in [-0.2, 0) is 4.79 Å². The van der Waals surface area contributed by atoms with Crippen LogP contribution in [0.1, 0.15) is 38.8 Å². The Labute approximate surface area is 128 Å². The third kappa shape index (κ3) is 2.69. The number of benzene rings is 1. The van der Waals surface area contributed by atoms with E-state index in [2.05, 4.69) is 15.9 Å². The Kier molecular flexibility index (Phi) is 4.12. The third-order valence-corrected chi connectivity index (χ3v) is 4.33. The molecule has 20 heavy (non-hydrogen) atoms. The standard InChI is InChI=1S/C15H21BrN2O2/c1-15(2,3)18-13(19)8-12(17)14(18)10-7-9(20-4)5-6-11(10)16/h5-7,12,14H,8,17H2,1-4H3. The summed E-state index contributed by atoms with van der Waals surface area (Å²) in [6.07, 6.45) is 0.381. The van der Waals surface area contributed by atoms with Gasteiger partial charge in [0.1, 0.15) is 5.75 Å². The van der Waals surface area contributed by atoms with Crippen LogP contribution in [0.3, 0.4) is 0 Å². The number of amides is 1. The minimum Gasteiger partial charge on any atom is -0.497 e. The van der Waals surface area contributed by atoms with Gasteiger partial charge in [0.15, 0.2) is 0 Å². The Hall–Kier alpha value is -1.07. The second-order valence-corrected chi connectivity index (χ2v) is 6.99. The van der Waals surface area contributed by atoms with Crippen molar-refractivity contribution in [1.29, 1.82) is 0 Å². The summed E-state index contributed by atoms with van der Waals surface area (Å²) >= 11 is 3.56. The Morgan fingerprint density at radius 1 is 1.40 bits per heavy atom. The van der Waals surface area contributed by atoms with Crippen LogP contribution in [0.4, 0.5) is 0 Å². The molecule has 1 aromatic carbocycles. The van der Waals surface area contributed by atoms with E-state index < -0.39 is 0 Å². The van der Waals surface area contributed by atoms with E-state index in [1.165, 1.54) is 0 Å². The second-order valence-electron chi connectivity index (χ2n) is 6.13. The highest BCUT2D eigenvalue weighted by atomic mass is 79.9. The molecule has 1 saturated heterocycles. The molecule has 2 atom stereocenters. The number of carbonyl (C=O) groups excluding carboxylic acids is 1. The summed E-state index contributed by atoms with van der Waals surface area (Å²) in [5.74, 6) is 0.869. The highest BCUT2D eigenvalue weighted by molar-refractivity contribution is 9.10. The highest BCUT2D eigenvalue weighted by Crippen LogP contribution is 2.41. The summed E-state index contributed by atoms with van der Waals surface area (Å²) in [6.45, 7) is 6.10. The summed E-state index contributed by atoms with van der Waals surface area (Å²) in [5, 5.41) is 0. The van der Waals surface area contributed by atoms with Gasteiger partial charge >= 0.3 is 0 Å². The molecule has 1 aliphatic rings. The van der Waals surface area contributed by atoms with E-state index in [1.807, 2.05) is 43.9 Å². The van der Waals surface area contributed by atoms with Crippen molar-refractivity contribution in [1.82, 2.24) is 4.90 Å². The molecule has 1 aromatic rings.